The molecule has 0 spiro atoms. The summed E-state index contributed by atoms with van der Waals surface area (Å²) in [6, 6.07) is 5.90. The van der Waals surface area contributed by atoms with Crippen molar-refractivity contribution in [2.24, 2.45) is 0 Å². The summed E-state index contributed by atoms with van der Waals surface area (Å²) in [6.07, 6.45) is 3.88. The Hall–Kier alpha value is -2.69. The smallest absolute Gasteiger partial charge is 0.339 e. The number of carbonyl (C=O) groups is 2. The van der Waals surface area contributed by atoms with Crippen LogP contribution in [0, 0.1) is 13.8 Å². The Labute approximate surface area is 141 Å². The Morgan fingerprint density at radius 3 is 2.71 bits per heavy atom. The van der Waals surface area contributed by atoms with Gasteiger partial charge < -0.3 is 9.64 Å². The molecule has 0 saturated heterocycles. The normalized spacial score (nSPS) is 13.4. The van der Waals surface area contributed by atoms with Crippen molar-refractivity contribution in [1.82, 2.24) is 9.88 Å². The molecular formula is C19H20N2O3. The Morgan fingerprint density at radius 1 is 1.17 bits per heavy atom. The first-order chi connectivity index (χ1) is 11.5. The molecule has 0 N–H and O–H groups in total. The van der Waals surface area contributed by atoms with Crippen molar-refractivity contribution < 1.29 is 14.3 Å². The number of pyridine rings is 1. The second kappa shape index (κ2) is 6.43. The molecule has 2 aromatic rings. The zero-order chi connectivity index (χ0) is 17.3. The highest BCUT2D eigenvalue weighted by molar-refractivity contribution is 5.96. The minimum Gasteiger partial charge on any atom is -0.465 e. The summed E-state index contributed by atoms with van der Waals surface area (Å²) in [5.41, 5.74) is 5.10. The number of amides is 1. The van der Waals surface area contributed by atoms with Crippen LogP contribution in [0.1, 0.15) is 43.0 Å². The maximum Gasteiger partial charge on any atom is 0.339 e. The van der Waals surface area contributed by atoms with Crippen LogP contribution in [0.5, 0.6) is 0 Å². The summed E-state index contributed by atoms with van der Waals surface area (Å²) in [5, 5.41) is 0. The van der Waals surface area contributed by atoms with E-state index in [1.807, 2.05) is 36.9 Å². The standard InChI is InChI=1S/C19H20N2O3/c1-12-4-5-13(2)16(8-12)18(22)21-7-6-15-14(11-21)9-20-10-17(15)19(23)24-3/h4-5,8-10H,6-7,11H2,1-3H3. The molecule has 1 aliphatic heterocycles. The molecule has 1 amide bonds. The topological polar surface area (TPSA) is 59.5 Å². The average Bonchev–Trinajstić information content (AvgIpc) is 2.61. The largest absolute Gasteiger partial charge is 0.465 e. The predicted molar refractivity (Wildman–Crippen MR) is 89.9 cm³/mol. The van der Waals surface area contributed by atoms with E-state index in [2.05, 4.69) is 4.98 Å². The molecule has 1 aliphatic rings. The van der Waals surface area contributed by atoms with Gasteiger partial charge in [-0.1, -0.05) is 17.7 Å². The van der Waals surface area contributed by atoms with E-state index in [0.29, 0.717) is 25.1 Å². The number of hydrogen-bond donors (Lipinski definition) is 0. The fourth-order valence-corrected chi connectivity index (χ4v) is 3.09. The Balaban J connectivity index is 1.89. The van der Waals surface area contributed by atoms with Gasteiger partial charge in [-0.25, -0.2) is 4.79 Å². The Morgan fingerprint density at radius 2 is 1.96 bits per heavy atom. The number of methoxy groups -OCH3 is 1. The Kier molecular flexibility index (Phi) is 4.34. The molecule has 0 atom stereocenters. The molecule has 0 radical (unpaired) electrons. The van der Waals surface area contributed by atoms with Gasteiger partial charge in [0.1, 0.15) is 0 Å². The van der Waals surface area contributed by atoms with E-state index in [-0.39, 0.29) is 11.9 Å². The molecular weight excluding hydrogens is 304 g/mol. The lowest BCUT2D eigenvalue weighted by molar-refractivity contribution is 0.0598. The van der Waals surface area contributed by atoms with Crippen LogP contribution in [-0.2, 0) is 17.7 Å². The average molecular weight is 324 g/mol. The summed E-state index contributed by atoms with van der Waals surface area (Å²) in [4.78, 5) is 30.7. The van der Waals surface area contributed by atoms with E-state index < -0.39 is 0 Å². The minimum absolute atomic E-state index is 0.0188. The molecule has 0 saturated carbocycles. The van der Waals surface area contributed by atoms with Gasteiger partial charge in [-0.05, 0) is 43.0 Å². The zero-order valence-corrected chi connectivity index (χ0v) is 14.1. The molecule has 0 aliphatic carbocycles. The van der Waals surface area contributed by atoms with Crippen molar-refractivity contribution in [3.05, 3.63) is 64.0 Å². The van der Waals surface area contributed by atoms with Crippen LogP contribution >= 0.6 is 0 Å². The third kappa shape index (κ3) is 2.89. The van der Waals surface area contributed by atoms with Crippen molar-refractivity contribution >= 4 is 11.9 Å². The Bertz CT molecular complexity index is 814. The third-order valence-corrected chi connectivity index (χ3v) is 4.46. The minimum atomic E-state index is -0.381. The SMILES string of the molecule is COC(=O)c1cncc2c1CCN(C(=O)c1cc(C)ccc1C)C2. The highest BCUT2D eigenvalue weighted by atomic mass is 16.5. The van der Waals surface area contributed by atoms with Gasteiger partial charge in [-0.3, -0.25) is 9.78 Å². The number of rotatable bonds is 2. The lowest BCUT2D eigenvalue weighted by Crippen LogP contribution is -2.37. The van der Waals surface area contributed by atoms with Crippen LogP contribution in [0.15, 0.2) is 30.6 Å². The summed E-state index contributed by atoms with van der Waals surface area (Å²) in [6.45, 7) is 4.96. The van der Waals surface area contributed by atoms with Crippen molar-refractivity contribution in [2.75, 3.05) is 13.7 Å². The maximum atomic E-state index is 12.9. The van der Waals surface area contributed by atoms with Gasteiger partial charge in [0.2, 0.25) is 0 Å². The van der Waals surface area contributed by atoms with Crippen LogP contribution in [0.3, 0.4) is 0 Å². The summed E-state index contributed by atoms with van der Waals surface area (Å²) >= 11 is 0. The molecule has 2 heterocycles. The van der Waals surface area contributed by atoms with E-state index in [9.17, 15) is 9.59 Å². The predicted octanol–water partition coefficient (Wildman–Crippen LogP) is 2.68. The highest BCUT2D eigenvalue weighted by Gasteiger charge is 2.26. The van der Waals surface area contributed by atoms with Gasteiger partial charge in [0.05, 0.1) is 12.7 Å². The molecule has 1 aromatic heterocycles. The molecule has 1 aromatic carbocycles. The van der Waals surface area contributed by atoms with Crippen molar-refractivity contribution in [2.45, 2.75) is 26.8 Å². The third-order valence-electron chi connectivity index (χ3n) is 4.46. The van der Waals surface area contributed by atoms with E-state index in [1.54, 1.807) is 6.20 Å². The van der Waals surface area contributed by atoms with Gasteiger partial charge in [0.25, 0.3) is 5.91 Å². The second-order valence-electron chi connectivity index (χ2n) is 6.11. The van der Waals surface area contributed by atoms with Crippen LogP contribution in [-0.4, -0.2) is 35.4 Å². The van der Waals surface area contributed by atoms with E-state index >= 15 is 0 Å². The monoisotopic (exact) mass is 324 g/mol. The molecule has 24 heavy (non-hydrogen) atoms. The number of benzene rings is 1. The fraction of sp³-hybridized carbons (Fsp3) is 0.316. The number of nitrogens with zero attached hydrogens (tertiary/aromatic N) is 2. The number of carbonyl (C=O) groups excluding carboxylic acids is 2. The number of esters is 1. The van der Waals surface area contributed by atoms with E-state index in [1.165, 1.54) is 13.3 Å². The van der Waals surface area contributed by atoms with Crippen LogP contribution in [0.25, 0.3) is 0 Å². The number of fused-ring (bicyclic) bond motifs is 1. The van der Waals surface area contributed by atoms with Gasteiger partial charge in [0, 0.05) is 31.0 Å². The van der Waals surface area contributed by atoms with Gasteiger partial charge in [-0.2, -0.15) is 0 Å². The van der Waals surface area contributed by atoms with E-state index in [0.717, 1.165) is 27.8 Å². The number of ether oxygens (including phenoxy) is 1. The lowest BCUT2D eigenvalue weighted by atomic mass is 9.96. The molecule has 5 heteroatoms. The molecule has 0 unspecified atom stereocenters. The van der Waals surface area contributed by atoms with E-state index in [4.69, 9.17) is 4.74 Å². The lowest BCUT2D eigenvalue weighted by Gasteiger charge is -2.30. The molecule has 0 bridgehead atoms. The molecule has 3 rings (SSSR count). The van der Waals surface area contributed by atoms with Crippen molar-refractivity contribution in [1.29, 1.82) is 0 Å². The quantitative estimate of drug-likeness (QED) is 0.797. The van der Waals surface area contributed by atoms with Gasteiger partial charge >= 0.3 is 5.97 Å². The summed E-state index contributed by atoms with van der Waals surface area (Å²) in [7, 11) is 1.36. The number of aromatic nitrogens is 1. The molecule has 124 valence electrons. The first-order valence-corrected chi connectivity index (χ1v) is 7.92. The van der Waals surface area contributed by atoms with Crippen LogP contribution in [0.2, 0.25) is 0 Å². The number of aryl methyl sites for hydroxylation is 2. The van der Waals surface area contributed by atoms with Gasteiger partial charge in [-0.15, -0.1) is 0 Å². The first-order valence-electron chi connectivity index (χ1n) is 7.92. The first kappa shape index (κ1) is 16.2. The van der Waals surface area contributed by atoms with Crippen LogP contribution in [0.4, 0.5) is 0 Å². The second-order valence-corrected chi connectivity index (χ2v) is 6.11. The highest BCUT2D eigenvalue weighted by Crippen LogP contribution is 2.24. The maximum absolute atomic E-state index is 12.9. The van der Waals surface area contributed by atoms with Crippen molar-refractivity contribution in [3.8, 4) is 0 Å². The molecule has 0 fully saturated rings. The van der Waals surface area contributed by atoms with Crippen molar-refractivity contribution in [3.63, 3.8) is 0 Å². The summed E-state index contributed by atoms with van der Waals surface area (Å²) < 4.78 is 4.82. The van der Waals surface area contributed by atoms with Gasteiger partial charge in [0.15, 0.2) is 0 Å². The number of hydrogen-bond acceptors (Lipinski definition) is 4. The molecule has 5 nitrogen and oxygen atoms in total. The van der Waals surface area contributed by atoms with Crippen LogP contribution < -0.4 is 0 Å². The zero-order valence-electron chi connectivity index (χ0n) is 14.1. The fourth-order valence-electron chi connectivity index (χ4n) is 3.09. The summed E-state index contributed by atoms with van der Waals surface area (Å²) in [5.74, 6) is -0.362.